The van der Waals surface area contributed by atoms with E-state index in [1.807, 2.05) is 6.92 Å². The van der Waals surface area contributed by atoms with Crippen molar-refractivity contribution >= 4 is 15.7 Å². The number of rotatable bonds is 6. The lowest BCUT2D eigenvalue weighted by Crippen LogP contribution is -2.20. The summed E-state index contributed by atoms with van der Waals surface area (Å²) in [6.07, 6.45) is 5.00. The maximum absolute atomic E-state index is 12.6. The fraction of sp³-hybridized carbons (Fsp3) is 0.438. The van der Waals surface area contributed by atoms with Crippen molar-refractivity contribution in [2.24, 2.45) is 0 Å². The molecule has 1 fully saturated rings. The number of para-hydroxylation sites is 1. The van der Waals surface area contributed by atoms with Crippen molar-refractivity contribution in [1.82, 2.24) is 9.78 Å². The zero-order valence-electron chi connectivity index (χ0n) is 13.5. The monoisotopic (exact) mass is 351 g/mol. The third-order valence-corrected chi connectivity index (χ3v) is 5.28. The first-order chi connectivity index (χ1) is 11.6. The van der Waals surface area contributed by atoms with E-state index in [1.54, 1.807) is 29.1 Å². The minimum Gasteiger partial charge on any atom is -0.492 e. The second kappa shape index (κ2) is 7.23. The van der Waals surface area contributed by atoms with Crippen molar-refractivity contribution < 1.29 is 17.9 Å². The first-order valence-corrected chi connectivity index (χ1v) is 9.45. The average molecular weight is 351 g/mol. The van der Waals surface area contributed by atoms with Gasteiger partial charge in [-0.25, -0.2) is 8.42 Å². The Hall–Kier alpha value is -2.06. The van der Waals surface area contributed by atoms with Gasteiger partial charge in [-0.15, -0.1) is 0 Å². The Balaban J connectivity index is 1.79. The van der Waals surface area contributed by atoms with Gasteiger partial charge in [0.25, 0.3) is 10.0 Å². The fourth-order valence-electron chi connectivity index (χ4n) is 2.70. The van der Waals surface area contributed by atoms with Gasteiger partial charge < -0.3 is 9.47 Å². The molecular formula is C16H21N3O4S. The van der Waals surface area contributed by atoms with Crippen molar-refractivity contribution in [2.75, 3.05) is 24.5 Å². The second-order valence-corrected chi connectivity index (χ2v) is 7.19. The van der Waals surface area contributed by atoms with E-state index in [2.05, 4.69) is 9.82 Å². The molecule has 0 unspecified atom stereocenters. The van der Waals surface area contributed by atoms with E-state index in [0.717, 1.165) is 12.8 Å². The molecule has 1 saturated heterocycles. The summed E-state index contributed by atoms with van der Waals surface area (Å²) in [5.41, 5.74) is 0.438. The van der Waals surface area contributed by atoms with Crippen LogP contribution in [0.15, 0.2) is 41.6 Å². The van der Waals surface area contributed by atoms with Crippen LogP contribution < -0.4 is 9.46 Å². The van der Waals surface area contributed by atoms with E-state index in [1.165, 1.54) is 12.3 Å². The van der Waals surface area contributed by atoms with E-state index >= 15 is 0 Å². The maximum atomic E-state index is 12.6. The Morgan fingerprint density at radius 1 is 1.33 bits per heavy atom. The van der Waals surface area contributed by atoms with Crippen LogP contribution in [0, 0.1) is 0 Å². The molecule has 8 heteroatoms. The lowest BCUT2D eigenvalue weighted by molar-refractivity contribution is 0.0662. The van der Waals surface area contributed by atoms with Crippen LogP contribution in [0.3, 0.4) is 0 Å². The molecule has 0 radical (unpaired) electrons. The Morgan fingerprint density at radius 2 is 2.08 bits per heavy atom. The molecule has 1 aromatic carbocycles. The molecule has 24 heavy (non-hydrogen) atoms. The molecule has 0 atom stereocenters. The van der Waals surface area contributed by atoms with E-state index in [0.29, 0.717) is 31.3 Å². The van der Waals surface area contributed by atoms with Gasteiger partial charge in [-0.05, 0) is 31.9 Å². The van der Waals surface area contributed by atoms with E-state index < -0.39 is 10.0 Å². The number of anilines is 1. The Kier molecular flexibility index (Phi) is 5.06. The zero-order valence-corrected chi connectivity index (χ0v) is 14.3. The standard InChI is InChI=1S/C16H21N3O4S/c1-2-23-15-5-3-4-6-16(15)24(20,21)18-13-11-17-19(12-13)14-7-9-22-10-8-14/h3-6,11-12,14,18H,2,7-10H2,1H3. The van der Waals surface area contributed by atoms with Gasteiger partial charge in [0.05, 0.1) is 24.5 Å². The van der Waals surface area contributed by atoms with Gasteiger partial charge in [-0.1, -0.05) is 12.1 Å². The number of nitrogens with zero attached hydrogens (tertiary/aromatic N) is 2. The van der Waals surface area contributed by atoms with Gasteiger partial charge >= 0.3 is 0 Å². The molecule has 0 amide bonds. The fourth-order valence-corrected chi connectivity index (χ4v) is 3.87. The molecule has 2 aromatic rings. The summed E-state index contributed by atoms with van der Waals surface area (Å²) in [4.78, 5) is 0.116. The minimum absolute atomic E-state index is 0.116. The third kappa shape index (κ3) is 3.70. The lowest BCUT2D eigenvalue weighted by atomic mass is 10.1. The average Bonchev–Trinajstić information content (AvgIpc) is 3.04. The highest BCUT2D eigenvalue weighted by Crippen LogP contribution is 2.26. The van der Waals surface area contributed by atoms with Gasteiger partial charge in [0.2, 0.25) is 0 Å². The SMILES string of the molecule is CCOc1ccccc1S(=O)(=O)Nc1cnn(C2CCOCC2)c1. The lowest BCUT2D eigenvalue weighted by Gasteiger charge is -2.22. The molecule has 0 aliphatic carbocycles. The largest absolute Gasteiger partial charge is 0.492 e. The number of ether oxygens (including phenoxy) is 2. The predicted molar refractivity (Wildman–Crippen MR) is 89.7 cm³/mol. The highest BCUT2D eigenvalue weighted by molar-refractivity contribution is 7.92. The summed E-state index contributed by atoms with van der Waals surface area (Å²) in [5, 5.41) is 4.28. The number of hydrogen-bond acceptors (Lipinski definition) is 5. The van der Waals surface area contributed by atoms with Crippen LogP contribution >= 0.6 is 0 Å². The Morgan fingerprint density at radius 3 is 2.83 bits per heavy atom. The molecule has 1 aromatic heterocycles. The number of sulfonamides is 1. The number of nitrogens with one attached hydrogen (secondary N) is 1. The topological polar surface area (TPSA) is 82.5 Å². The van der Waals surface area contributed by atoms with Gasteiger partial charge in [0, 0.05) is 19.4 Å². The summed E-state index contributed by atoms with van der Waals surface area (Å²) < 4.78 is 40.4. The first-order valence-electron chi connectivity index (χ1n) is 7.96. The molecule has 2 heterocycles. The van der Waals surface area contributed by atoms with Crippen LogP contribution in [0.25, 0.3) is 0 Å². The number of aromatic nitrogens is 2. The van der Waals surface area contributed by atoms with Crippen LogP contribution in [0.2, 0.25) is 0 Å². The van der Waals surface area contributed by atoms with Crippen LogP contribution in [0.1, 0.15) is 25.8 Å². The Bertz CT molecular complexity index is 782. The molecule has 0 spiro atoms. The summed E-state index contributed by atoms with van der Waals surface area (Å²) in [6, 6.07) is 6.82. The summed E-state index contributed by atoms with van der Waals surface area (Å²) in [7, 11) is -3.74. The maximum Gasteiger partial charge on any atom is 0.265 e. The normalized spacial score (nSPS) is 16.0. The van der Waals surface area contributed by atoms with Crippen molar-refractivity contribution in [3.8, 4) is 5.75 Å². The van der Waals surface area contributed by atoms with Gasteiger partial charge in [-0.2, -0.15) is 5.10 Å². The Labute approximate surface area is 141 Å². The van der Waals surface area contributed by atoms with E-state index in [4.69, 9.17) is 9.47 Å². The molecular weight excluding hydrogens is 330 g/mol. The highest BCUT2D eigenvalue weighted by atomic mass is 32.2. The second-order valence-electron chi connectivity index (χ2n) is 5.54. The third-order valence-electron chi connectivity index (χ3n) is 3.86. The van der Waals surface area contributed by atoms with Crippen LogP contribution in [-0.2, 0) is 14.8 Å². The number of benzene rings is 1. The van der Waals surface area contributed by atoms with Crippen molar-refractivity contribution in [2.45, 2.75) is 30.7 Å². The van der Waals surface area contributed by atoms with Crippen LogP contribution in [-0.4, -0.2) is 38.0 Å². The minimum atomic E-state index is -3.74. The summed E-state index contributed by atoms with van der Waals surface area (Å²) >= 11 is 0. The molecule has 3 rings (SSSR count). The van der Waals surface area contributed by atoms with Gasteiger partial charge in [-0.3, -0.25) is 9.40 Å². The molecule has 7 nitrogen and oxygen atoms in total. The van der Waals surface area contributed by atoms with E-state index in [-0.39, 0.29) is 10.9 Å². The molecule has 0 saturated carbocycles. The number of hydrogen-bond donors (Lipinski definition) is 1. The van der Waals surface area contributed by atoms with Gasteiger partial charge in [0.1, 0.15) is 10.6 Å². The highest BCUT2D eigenvalue weighted by Gasteiger charge is 2.21. The van der Waals surface area contributed by atoms with Crippen LogP contribution in [0.4, 0.5) is 5.69 Å². The predicted octanol–water partition coefficient (Wildman–Crippen LogP) is 2.43. The van der Waals surface area contributed by atoms with Crippen molar-refractivity contribution in [1.29, 1.82) is 0 Å². The molecule has 130 valence electrons. The molecule has 1 aliphatic heterocycles. The van der Waals surface area contributed by atoms with Gasteiger partial charge in [0.15, 0.2) is 0 Å². The van der Waals surface area contributed by atoms with E-state index in [9.17, 15) is 8.42 Å². The first kappa shape index (κ1) is 16.8. The van der Waals surface area contributed by atoms with Crippen molar-refractivity contribution in [3.63, 3.8) is 0 Å². The quantitative estimate of drug-likeness (QED) is 0.864. The zero-order chi connectivity index (χ0) is 17.0. The molecule has 0 bridgehead atoms. The molecule has 1 aliphatic rings. The van der Waals surface area contributed by atoms with Crippen molar-refractivity contribution in [3.05, 3.63) is 36.7 Å². The molecule has 1 N–H and O–H groups in total. The van der Waals surface area contributed by atoms with Crippen LogP contribution in [0.5, 0.6) is 5.75 Å². The smallest absolute Gasteiger partial charge is 0.265 e. The summed E-state index contributed by atoms with van der Waals surface area (Å²) in [5.74, 6) is 0.337. The summed E-state index contributed by atoms with van der Waals surface area (Å²) in [6.45, 7) is 3.61.